The molecular weight excluding hydrogens is 338 g/mol. The van der Waals surface area contributed by atoms with Crippen LogP contribution in [-0.4, -0.2) is 28.5 Å². The maximum atomic E-state index is 12.1. The van der Waals surface area contributed by atoms with Gasteiger partial charge in [-0.2, -0.15) is 0 Å². The van der Waals surface area contributed by atoms with Gasteiger partial charge in [0.05, 0.1) is 18.0 Å². The number of amides is 1. The van der Waals surface area contributed by atoms with Crippen molar-refractivity contribution in [2.75, 3.05) is 17.7 Å². The summed E-state index contributed by atoms with van der Waals surface area (Å²) in [5.74, 6) is 1.07. The monoisotopic (exact) mass is 355 g/mol. The van der Waals surface area contributed by atoms with Gasteiger partial charge in [-0.15, -0.1) is 10.2 Å². The molecule has 0 unspecified atom stereocenters. The molecule has 1 N–H and O–H groups in total. The van der Waals surface area contributed by atoms with Gasteiger partial charge in [0.1, 0.15) is 5.75 Å². The Morgan fingerprint density at radius 2 is 1.88 bits per heavy atom. The molecule has 2 aromatic carbocycles. The number of benzene rings is 2. The molecule has 25 heavy (non-hydrogen) atoms. The minimum Gasteiger partial charge on any atom is -0.492 e. The number of nitrogens with one attached hydrogen (secondary N) is 1. The predicted molar refractivity (Wildman–Crippen MR) is 96.7 cm³/mol. The molecule has 7 heteroatoms. The third-order valence-corrected chi connectivity index (χ3v) is 4.03. The van der Waals surface area contributed by atoms with Gasteiger partial charge in [0.15, 0.2) is 0 Å². The molecule has 0 radical (unpaired) electrons. The largest absolute Gasteiger partial charge is 0.492 e. The maximum Gasteiger partial charge on any atom is 0.277 e. The molecular formula is C18H17N3O3S. The zero-order valence-corrected chi connectivity index (χ0v) is 14.5. The highest BCUT2D eigenvalue weighted by molar-refractivity contribution is 7.99. The number of carbonyl (C=O) groups excluding carboxylic acids is 1. The molecule has 0 aliphatic heterocycles. The van der Waals surface area contributed by atoms with Gasteiger partial charge in [-0.3, -0.25) is 4.79 Å². The van der Waals surface area contributed by atoms with E-state index in [0.717, 1.165) is 5.56 Å². The zero-order chi connectivity index (χ0) is 17.5. The molecule has 0 spiro atoms. The Morgan fingerprint density at radius 3 is 2.68 bits per heavy atom. The van der Waals surface area contributed by atoms with Crippen molar-refractivity contribution in [1.29, 1.82) is 0 Å². The number of anilines is 1. The fourth-order valence-electron chi connectivity index (χ4n) is 2.13. The van der Waals surface area contributed by atoms with Gasteiger partial charge < -0.3 is 14.5 Å². The SMILES string of the molecule is CCOc1ccccc1NC(=O)CSc1nnc(-c2ccccc2)o1. The lowest BCUT2D eigenvalue weighted by molar-refractivity contribution is -0.113. The standard InChI is InChI=1S/C18H17N3O3S/c1-2-23-15-11-7-6-10-14(15)19-16(22)12-25-18-21-20-17(24-18)13-8-4-3-5-9-13/h3-11H,2,12H2,1H3,(H,19,22). The maximum absolute atomic E-state index is 12.1. The van der Waals surface area contributed by atoms with Crippen molar-refractivity contribution in [3.8, 4) is 17.2 Å². The quantitative estimate of drug-likeness (QED) is 0.648. The molecule has 128 valence electrons. The Kier molecular flexibility index (Phi) is 5.69. The molecule has 6 nitrogen and oxygen atoms in total. The molecule has 0 saturated heterocycles. The molecule has 0 aliphatic carbocycles. The summed E-state index contributed by atoms with van der Waals surface area (Å²) >= 11 is 1.19. The molecule has 0 aliphatic rings. The van der Waals surface area contributed by atoms with E-state index in [1.807, 2.05) is 55.5 Å². The van der Waals surface area contributed by atoms with Crippen LogP contribution in [0.4, 0.5) is 5.69 Å². The number of para-hydroxylation sites is 2. The lowest BCUT2D eigenvalue weighted by Gasteiger charge is -2.10. The van der Waals surface area contributed by atoms with E-state index in [1.165, 1.54) is 11.8 Å². The van der Waals surface area contributed by atoms with E-state index in [2.05, 4.69) is 15.5 Å². The Bertz CT molecular complexity index is 836. The molecule has 3 aromatic rings. The second-order valence-electron chi connectivity index (χ2n) is 5.01. The van der Waals surface area contributed by atoms with Gasteiger partial charge in [0.2, 0.25) is 11.8 Å². The molecule has 0 fully saturated rings. The summed E-state index contributed by atoms with van der Waals surface area (Å²) in [6, 6.07) is 16.8. The number of nitrogens with zero attached hydrogens (tertiary/aromatic N) is 2. The Balaban J connectivity index is 1.57. The topological polar surface area (TPSA) is 77.2 Å². The summed E-state index contributed by atoms with van der Waals surface area (Å²) in [6.45, 7) is 2.43. The van der Waals surface area contributed by atoms with Gasteiger partial charge in [-0.05, 0) is 31.2 Å². The first kappa shape index (κ1) is 17.0. The third-order valence-electron chi connectivity index (χ3n) is 3.21. The van der Waals surface area contributed by atoms with Gasteiger partial charge in [0, 0.05) is 5.56 Å². The van der Waals surface area contributed by atoms with Crippen LogP contribution in [0.1, 0.15) is 6.92 Å². The van der Waals surface area contributed by atoms with Gasteiger partial charge in [-0.1, -0.05) is 42.1 Å². The van der Waals surface area contributed by atoms with E-state index in [9.17, 15) is 4.79 Å². The molecule has 0 saturated carbocycles. The Hall–Kier alpha value is -2.80. The average Bonchev–Trinajstić information content (AvgIpc) is 3.12. The number of rotatable bonds is 7. The second-order valence-corrected chi connectivity index (χ2v) is 5.93. The van der Waals surface area contributed by atoms with E-state index in [0.29, 0.717) is 29.2 Å². The van der Waals surface area contributed by atoms with Crippen LogP contribution in [0.5, 0.6) is 5.75 Å². The molecule has 1 heterocycles. The summed E-state index contributed by atoms with van der Waals surface area (Å²) in [5.41, 5.74) is 1.49. The van der Waals surface area contributed by atoms with Crippen molar-refractivity contribution in [2.24, 2.45) is 0 Å². The fraction of sp³-hybridized carbons (Fsp3) is 0.167. The minimum absolute atomic E-state index is 0.164. The van der Waals surface area contributed by atoms with Crippen LogP contribution < -0.4 is 10.1 Å². The normalized spacial score (nSPS) is 10.4. The molecule has 1 amide bonds. The third kappa shape index (κ3) is 4.60. The van der Waals surface area contributed by atoms with E-state index in [-0.39, 0.29) is 11.7 Å². The van der Waals surface area contributed by atoms with Crippen molar-refractivity contribution >= 4 is 23.4 Å². The van der Waals surface area contributed by atoms with Crippen molar-refractivity contribution in [3.63, 3.8) is 0 Å². The first-order valence-corrected chi connectivity index (χ1v) is 8.78. The van der Waals surface area contributed by atoms with Crippen LogP contribution in [0.2, 0.25) is 0 Å². The van der Waals surface area contributed by atoms with E-state index < -0.39 is 0 Å². The van der Waals surface area contributed by atoms with Crippen LogP contribution in [0.3, 0.4) is 0 Å². The minimum atomic E-state index is -0.170. The van der Waals surface area contributed by atoms with Crippen molar-refractivity contribution in [1.82, 2.24) is 10.2 Å². The zero-order valence-electron chi connectivity index (χ0n) is 13.6. The highest BCUT2D eigenvalue weighted by Crippen LogP contribution is 2.25. The highest BCUT2D eigenvalue weighted by atomic mass is 32.2. The Labute approximate surface area is 149 Å². The lowest BCUT2D eigenvalue weighted by atomic mass is 10.2. The molecule has 3 rings (SSSR count). The summed E-state index contributed by atoms with van der Waals surface area (Å²) < 4.78 is 11.1. The number of carbonyl (C=O) groups is 1. The van der Waals surface area contributed by atoms with Gasteiger partial charge in [0.25, 0.3) is 5.22 Å². The molecule has 0 bridgehead atoms. The van der Waals surface area contributed by atoms with Gasteiger partial charge >= 0.3 is 0 Å². The predicted octanol–water partition coefficient (Wildman–Crippen LogP) is 3.87. The summed E-state index contributed by atoms with van der Waals surface area (Å²) in [7, 11) is 0. The van der Waals surface area contributed by atoms with E-state index >= 15 is 0 Å². The van der Waals surface area contributed by atoms with Crippen molar-refractivity contribution in [2.45, 2.75) is 12.1 Å². The summed E-state index contributed by atoms with van der Waals surface area (Å²) in [5, 5.41) is 11.1. The number of aromatic nitrogens is 2. The fourth-order valence-corrected chi connectivity index (χ4v) is 2.69. The average molecular weight is 355 g/mol. The molecule has 0 atom stereocenters. The molecule has 1 aromatic heterocycles. The number of thioether (sulfide) groups is 1. The summed E-state index contributed by atoms with van der Waals surface area (Å²) in [6.07, 6.45) is 0. The smallest absolute Gasteiger partial charge is 0.277 e. The van der Waals surface area contributed by atoms with Gasteiger partial charge in [-0.25, -0.2) is 0 Å². The first-order valence-electron chi connectivity index (χ1n) is 7.79. The number of hydrogen-bond acceptors (Lipinski definition) is 6. The van der Waals surface area contributed by atoms with Crippen LogP contribution >= 0.6 is 11.8 Å². The second kappa shape index (κ2) is 8.34. The van der Waals surface area contributed by atoms with Crippen LogP contribution in [0.15, 0.2) is 64.2 Å². The lowest BCUT2D eigenvalue weighted by Crippen LogP contribution is -2.14. The van der Waals surface area contributed by atoms with Crippen molar-refractivity contribution < 1.29 is 13.9 Å². The van der Waals surface area contributed by atoms with E-state index in [4.69, 9.17) is 9.15 Å². The van der Waals surface area contributed by atoms with Crippen molar-refractivity contribution in [3.05, 3.63) is 54.6 Å². The first-order chi connectivity index (χ1) is 12.3. The van der Waals surface area contributed by atoms with Crippen LogP contribution in [-0.2, 0) is 4.79 Å². The van der Waals surface area contributed by atoms with Crippen LogP contribution in [0.25, 0.3) is 11.5 Å². The van der Waals surface area contributed by atoms with Crippen LogP contribution in [0, 0.1) is 0 Å². The van der Waals surface area contributed by atoms with E-state index in [1.54, 1.807) is 6.07 Å². The number of hydrogen-bond donors (Lipinski definition) is 1. The summed E-state index contributed by atoms with van der Waals surface area (Å²) in [4.78, 5) is 12.1. The number of ether oxygens (including phenoxy) is 1. The Morgan fingerprint density at radius 1 is 1.12 bits per heavy atom. The highest BCUT2D eigenvalue weighted by Gasteiger charge is 2.12.